The summed E-state index contributed by atoms with van der Waals surface area (Å²) >= 11 is 7.56. The quantitative estimate of drug-likeness (QED) is 0.797. The van der Waals surface area contributed by atoms with Gasteiger partial charge in [-0.2, -0.15) is 0 Å². The smallest absolute Gasteiger partial charge is 0.141 e. The van der Waals surface area contributed by atoms with Crippen LogP contribution in [-0.4, -0.2) is 12.3 Å². The molecule has 0 aliphatic carbocycles. The van der Waals surface area contributed by atoms with Crippen molar-refractivity contribution in [3.8, 4) is 0 Å². The number of hydrogen-bond donors (Lipinski definition) is 1. The number of halogens is 2. The molecule has 1 aromatic rings. The van der Waals surface area contributed by atoms with E-state index in [1.165, 1.54) is 12.5 Å². The fourth-order valence-electron chi connectivity index (χ4n) is 1.45. The van der Waals surface area contributed by atoms with Crippen LogP contribution in [0.15, 0.2) is 18.2 Å². The van der Waals surface area contributed by atoms with E-state index in [1.807, 2.05) is 11.8 Å². The summed E-state index contributed by atoms with van der Waals surface area (Å²) in [6.07, 6.45) is 1.19. The van der Waals surface area contributed by atoms with Gasteiger partial charge in [-0.3, -0.25) is 0 Å². The minimum absolute atomic E-state index is 0.204. The Morgan fingerprint density at radius 1 is 1.50 bits per heavy atom. The van der Waals surface area contributed by atoms with Gasteiger partial charge in [-0.05, 0) is 36.4 Å². The Balaban J connectivity index is 2.18. The van der Waals surface area contributed by atoms with E-state index in [-0.39, 0.29) is 16.2 Å². The molecule has 1 fully saturated rings. The molecule has 1 aliphatic heterocycles. The van der Waals surface area contributed by atoms with Crippen molar-refractivity contribution in [2.75, 3.05) is 12.3 Å². The first-order chi connectivity index (χ1) is 6.77. The fourth-order valence-corrected chi connectivity index (χ4v) is 2.77. The highest BCUT2D eigenvalue weighted by molar-refractivity contribution is 7.99. The van der Waals surface area contributed by atoms with E-state index in [0.717, 1.165) is 17.9 Å². The average Bonchev–Trinajstić information content (AvgIpc) is 2.23. The summed E-state index contributed by atoms with van der Waals surface area (Å²) in [5.41, 5.74) is 1.06. The number of rotatable bonds is 1. The molecule has 0 spiro atoms. The molecule has 1 saturated heterocycles. The summed E-state index contributed by atoms with van der Waals surface area (Å²) in [5.74, 6) is 0.795. The number of benzene rings is 1. The van der Waals surface area contributed by atoms with E-state index in [4.69, 9.17) is 11.6 Å². The molecule has 2 rings (SSSR count). The van der Waals surface area contributed by atoms with Gasteiger partial charge in [0.2, 0.25) is 0 Å². The van der Waals surface area contributed by atoms with E-state index in [0.29, 0.717) is 0 Å². The highest BCUT2D eigenvalue weighted by Gasteiger charge is 2.15. The SMILES string of the molecule is Fc1ccc(C2NCCCS2)cc1Cl. The third-order valence-corrected chi connectivity index (χ3v) is 3.77. The summed E-state index contributed by atoms with van der Waals surface area (Å²) in [4.78, 5) is 0. The Hall–Kier alpha value is -0.250. The molecular formula is C10H11ClFNS. The summed E-state index contributed by atoms with van der Waals surface area (Å²) < 4.78 is 12.9. The van der Waals surface area contributed by atoms with Gasteiger partial charge in [-0.25, -0.2) is 4.39 Å². The molecule has 1 atom stereocenters. The molecule has 0 radical (unpaired) electrons. The average molecular weight is 232 g/mol. The van der Waals surface area contributed by atoms with Crippen LogP contribution in [-0.2, 0) is 0 Å². The van der Waals surface area contributed by atoms with Crippen molar-refractivity contribution in [2.24, 2.45) is 0 Å². The Kier molecular flexibility index (Phi) is 3.31. The van der Waals surface area contributed by atoms with E-state index in [9.17, 15) is 4.39 Å². The van der Waals surface area contributed by atoms with Crippen molar-refractivity contribution in [1.82, 2.24) is 5.32 Å². The second kappa shape index (κ2) is 4.51. The topological polar surface area (TPSA) is 12.0 Å². The van der Waals surface area contributed by atoms with E-state index in [1.54, 1.807) is 12.1 Å². The Bertz CT molecular complexity index is 326. The first-order valence-corrected chi connectivity index (χ1v) is 6.00. The lowest BCUT2D eigenvalue weighted by Crippen LogP contribution is -2.25. The molecule has 0 amide bonds. The lowest BCUT2D eigenvalue weighted by atomic mass is 10.2. The van der Waals surface area contributed by atoms with Crippen LogP contribution in [0.4, 0.5) is 4.39 Å². The molecule has 0 saturated carbocycles. The summed E-state index contributed by atoms with van der Waals surface area (Å²) in [7, 11) is 0. The molecule has 0 aromatic heterocycles. The van der Waals surface area contributed by atoms with Crippen LogP contribution < -0.4 is 5.32 Å². The lowest BCUT2D eigenvalue weighted by molar-refractivity contribution is 0.620. The maximum absolute atomic E-state index is 12.9. The predicted molar refractivity (Wildman–Crippen MR) is 59.2 cm³/mol. The van der Waals surface area contributed by atoms with Crippen molar-refractivity contribution in [2.45, 2.75) is 11.8 Å². The second-order valence-electron chi connectivity index (χ2n) is 3.23. The van der Waals surface area contributed by atoms with Gasteiger partial charge >= 0.3 is 0 Å². The van der Waals surface area contributed by atoms with Crippen LogP contribution in [0.3, 0.4) is 0 Å². The monoisotopic (exact) mass is 231 g/mol. The molecule has 14 heavy (non-hydrogen) atoms. The normalized spacial score (nSPS) is 22.3. The molecule has 1 aromatic carbocycles. The van der Waals surface area contributed by atoms with Crippen LogP contribution >= 0.6 is 23.4 Å². The van der Waals surface area contributed by atoms with Crippen molar-refractivity contribution >= 4 is 23.4 Å². The molecule has 1 N–H and O–H groups in total. The van der Waals surface area contributed by atoms with Crippen LogP contribution in [0.1, 0.15) is 17.4 Å². The lowest BCUT2D eigenvalue weighted by Gasteiger charge is -2.23. The highest BCUT2D eigenvalue weighted by atomic mass is 35.5. The minimum atomic E-state index is -0.351. The van der Waals surface area contributed by atoms with Crippen LogP contribution in [0.2, 0.25) is 5.02 Å². The third kappa shape index (κ3) is 2.22. The number of thioether (sulfide) groups is 1. The van der Waals surface area contributed by atoms with Crippen LogP contribution in [0.5, 0.6) is 0 Å². The highest BCUT2D eigenvalue weighted by Crippen LogP contribution is 2.31. The molecule has 76 valence electrons. The van der Waals surface area contributed by atoms with Crippen LogP contribution in [0.25, 0.3) is 0 Å². The van der Waals surface area contributed by atoms with Gasteiger partial charge in [-0.1, -0.05) is 17.7 Å². The van der Waals surface area contributed by atoms with Gasteiger partial charge < -0.3 is 5.32 Å². The molecular weight excluding hydrogens is 221 g/mol. The van der Waals surface area contributed by atoms with Crippen LogP contribution in [0, 0.1) is 5.82 Å². The van der Waals surface area contributed by atoms with Gasteiger partial charge in [-0.15, -0.1) is 11.8 Å². The van der Waals surface area contributed by atoms with Crippen molar-refractivity contribution in [3.05, 3.63) is 34.6 Å². The molecule has 4 heteroatoms. The standard InChI is InChI=1S/C10H11ClFNS/c11-8-6-7(2-3-9(8)12)10-13-4-1-5-14-10/h2-3,6,10,13H,1,4-5H2. The fraction of sp³-hybridized carbons (Fsp3) is 0.400. The zero-order valence-electron chi connectivity index (χ0n) is 7.59. The molecule has 1 heterocycles. The van der Waals surface area contributed by atoms with Crippen molar-refractivity contribution in [3.63, 3.8) is 0 Å². The van der Waals surface area contributed by atoms with Gasteiger partial charge in [0.05, 0.1) is 10.4 Å². The first kappa shape index (κ1) is 10.3. The maximum Gasteiger partial charge on any atom is 0.141 e. The van der Waals surface area contributed by atoms with E-state index in [2.05, 4.69) is 5.32 Å². The Morgan fingerprint density at radius 3 is 3.00 bits per heavy atom. The van der Waals surface area contributed by atoms with E-state index >= 15 is 0 Å². The Morgan fingerprint density at radius 2 is 2.36 bits per heavy atom. The predicted octanol–water partition coefficient (Wildman–Crippen LogP) is 3.20. The molecule has 1 aliphatic rings. The van der Waals surface area contributed by atoms with Gasteiger partial charge in [0.25, 0.3) is 0 Å². The second-order valence-corrected chi connectivity index (χ2v) is 4.85. The van der Waals surface area contributed by atoms with Gasteiger partial charge in [0.15, 0.2) is 0 Å². The number of nitrogens with one attached hydrogen (secondary N) is 1. The number of hydrogen-bond acceptors (Lipinski definition) is 2. The van der Waals surface area contributed by atoms with Gasteiger partial charge in [0, 0.05) is 0 Å². The Labute approximate surface area is 92.0 Å². The zero-order valence-corrected chi connectivity index (χ0v) is 9.17. The van der Waals surface area contributed by atoms with Crippen molar-refractivity contribution in [1.29, 1.82) is 0 Å². The minimum Gasteiger partial charge on any atom is -0.302 e. The van der Waals surface area contributed by atoms with E-state index < -0.39 is 0 Å². The summed E-state index contributed by atoms with van der Waals surface area (Å²) in [6.45, 7) is 1.02. The maximum atomic E-state index is 12.9. The largest absolute Gasteiger partial charge is 0.302 e. The molecule has 1 nitrogen and oxygen atoms in total. The molecule has 1 unspecified atom stereocenters. The van der Waals surface area contributed by atoms with Gasteiger partial charge in [0.1, 0.15) is 5.82 Å². The third-order valence-electron chi connectivity index (χ3n) is 2.18. The van der Waals surface area contributed by atoms with Crippen molar-refractivity contribution < 1.29 is 4.39 Å². The summed E-state index contributed by atoms with van der Waals surface area (Å²) in [6, 6.07) is 4.92. The summed E-state index contributed by atoms with van der Waals surface area (Å²) in [5, 5.41) is 3.83. The first-order valence-electron chi connectivity index (χ1n) is 4.57. The molecule has 0 bridgehead atoms. The zero-order chi connectivity index (χ0) is 9.97.